The van der Waals surface area contributed by atoms with Gasteiger partial charge in [0.05, 0.1) is 6.04 Å². The van der Waals surface area contributed by atoms with Crippen LogP contribution in [-0.2, 0) is 16.1 Å². The van der Waals surface area contributed by atoms with Crippen LogP contribution in [-0.4, -0.2) is 46.7 Å². The molecule has 0 aliphatic carbocycles. The molecule has 0 unspecified atom stereocenters. The molecule has 1 N–H and O–H groups in total. The van der Waals surface area contributed by atoms with Crippen molar-refractivity contribution in [2.45, 2.75) is 53.2 Å². The summed E-state index contributed by atoms with van der Waals surface area (Å²) in [6, 6.07) is 13.3. The third kappa shape index (κ3) is 5.13. The van der Waals surface area contributed by atoms with Crippen LogP contribution in [0.2, 0.25) is 0 Å². The van der Waals surface area contributed by atoms with E-state index in [1.165, 1.54) is 5.56 Å². The van der Waals surface area contributed by atoms with Crippen LogP contribution in [0.4, 0.5) is 0 Å². The summed E-state index contributed by atoms with van der Waals surface area (Å²) in [6.07, 6.45) is 0. The van der Waals surface area contributed by atoms with Crippen LogP contribution in [0.25, 0.3) is 0 Å². The van der Waals surface area contributed by atoms with E-state index in [0.717, 1.165) is 16.7 Å². The van der Waals surface area contributed by atoms with Gasteiger partial charge in [-0.2, -0.15) is 0 Å². The minimum atomic E-state index is -0.468. The zero-order chi connectivity index (χ0) is 22.7. The fourth-order valence-corrected chi connectivity index (χ4v) is 3.98. The molecule has 2 aromatic rings. The Bertz CT molecular complexity index is 982. The number of nitrogens with zero attached hydrogens (tertiary/aromatic N) is 2. The summed E-state index contributed by atoms with van der Waals surface area (Å²) in [5.74, 6) is -1.06. The summed E-state index contributed by atoms with van der Waals surface area (Å²) >= 11 is 0. The summed E-state index contributed by atoms with van der Waals surface area (Å²) in [7, 11) is 0. The van der Waals surface area contributed by atoms with Crippen molar-refractivity contribution >= 4 is 17.7 Å². The molecule has 0 bridgehead atoms. The fourth-order valence-electron chi connectivity index (χ4n) is 3.98. The minimum Gasteiger partial charge on any atom is -0.346 e. The number of aryl methyl sites for hydroxylation is 2. The maximum atomic E-state index is 12.7. The van der Waals surface area contributed by atoms with Crippen molar-refractivity contribution in [2.75, 3.05) is 13.1 Å². The van der Waals surface area contributed by atoms with E-state index in [-0.39, 0.29) is 18.0 Å². The third-order valence-electron chi connectivity index (χ3n) is 5.79. The van der Waals surface area contributed by atoms with Gasteiger partial charge in [-0.15, -0.1) is 0 Å². The molecular weight excluding hydrogens is 390 g/mol. The van der Waals surface area contributed by atoms with E-state index in [2.05, 4.69) is 24.4 Å². The molecule has 1 aliphatic rings. The van der Waals surface area contributed by atoms with Crippen molar-refractivity contribution in [2.24, 2.45) is 0 Å². The summed E-state index contributed by atoms with van der Waals surface area (Å²) < 4.78 is 0. The van der Waals surface area contributed by atoms with Crippen molar-refractivity contribution in [3.05, 3.63) is 70.3 Å². The Morgan fingerprint density at radius 1 is 0.968 bits per heavy atom. The normalized spacial score (nSPS) is 15.4. The fraction of sp³-hybridized carbons (Fsp3) is 0.400. The van der Waals surface area contributed by atoms with E-state index in [1.54, 1.807) is 21.9 Å². The number of piperazine rings is 1. The Kier molecular flexibility index (Phi) is 6.78. The van der Waals surface area contributed by atoms with Crippen LogP contribution in [0, 0.1) is 13.8 Å². The summed E-state index contributed by atoms with van der Waals surface area (Å²) in [6.45, 7) is 11.3. The van der Waals surface area contributed by atoms with E-state index in [0.29, 0.717) is 25.2 Å². The van der Waals surface area contributed by atoms with Gasteiger partial charge < -0.3 is 15.1 Å². The van der Waals surface area contributed by atoms with E-state index in [1.807, 2.05) is 45.9 Å². The molecule has 1 aliphatic heterocycles. The highest BCUT2D eigenvalue weighted by molar-refractivity contribution is 6.35. The molecule has 1 heterocycles. The number of carbonyl (C=O) groups is 3. The number of hydrogen-bond acceptors (Lipinski definition) is 3. The van der Waals surface area contributed by atoms with E-state index in [4.69, 9.17) is 0 Å². The molecule has 3 amide bonds. The van der Waals surface area contributed by atoms with Gasteiger partial charge in [0.25, 0.3) is 5.91 Å². The average molecular weight is 422 g/mol. The molecule has 1 saturated heterocycles. The van der Waals surface area contributed by atoms with Crippen molar-refractivity contribution in [1.29, 1.82) is 0 Å². The van der Waals surface area contributed by atoms with Gasteiger partial charge in [0.15, 0.2) is 0 Å². The van der Waals surface area contributed by atoms with Crippen LogP contribution < -0.4 is 5.32 Å². The molecule has 6 nitrogen and oxygen atoms in total. The minimum absolute atomic E-state index is 0.0162. The Balaban J connectivity index is 1.61. The Labute approximate surface area is 184 Å². The molecule has 0 saturated carbocycles. The highest BCUT2D eigenvalue weighted by Crippen LogP contribution is 2.19. The third-order valence-corrected chi connectivity index (χ3v) is 5.79. The largest absolute Gasteiger partial charge is 0.346 e. The van der Waals surface area contributed by atoms with Crippen LogP contribution in [0.15, 0.2) is 42.5 Å². The van der Waals surface area contributed by atoms with E-state index in [9.17, 15) is 14.4 Å². The predicted molar refractivity (Wildman–Crippen MR) is 121 cm³/mol. The van der Waals surface area contributed by atoms with Gasteiger partial charge >= 0.3 is 11.8 Å². The number of carbonyl (C=O) groups excluding carboxylic acids is 3. The standard InChI is InChI=1S/C25H31N3O3/c1-16(2)28-13-12-27(24(30)25(28)31)15-20-7-9-21(10-8-20)23(29)26-19(5)22-11-6-17(3)14-18(22)4/h6-11,14,16,19H,12-13,15H2,1-5H3,(H,26,29)/t19-/m1/s1. The molecule has 2 aromatic carbocycles. The summed E-state index contributed by atoms with van der Waals surface area (Å²) in [4.78, 5) is 40.5. The van der Waals surface area contributed by atoms with Crippen LogP contribution in [0.5, 0.6) is 0 Å². The molecule has 0 radical (unpaired) electrons. The lowest BCUT2D eigenvalue weighted by atomic mass is 10.00. The van der Waals surface area contributed by atoms with Gasteiger partial charge in [0, 0.05) is 31.2 Å². The maximum Gasteiger partial charge on any atom is 0.312 e. The zero-order valence-electron chi connectivity index (χ0n) is 18.9. The molecular formula is C25H31N3O3. The topological polar surface area (TPSA) is 69.7 Å². The van der Waals surface area contributed by atoms with Gasteiger partial charge in [-0.3, -0.25) is 14.4 Å². The van der Waals surface area contributed by atoms with Crippen LogP contribution in [0.1, 0.15) is 59.4 Å². The van der Waals surface area contributed by atoms with E-state index >= 15 is 0 Å². The predicted octanol–water partition coefficient (Wildman–Crippen LogP) is 3.37. The SMILES string of the molecule is Cc1ccc([C@@H](C)NC(=O)c2ccc(CN3CCN(C(C)C)C(=O)C3=O)cc2)c(C)c1. The molecule has 1 fully saturated rings. The van der Waals surface area contributed by atoms with Crippen LogP contribution >= 0.6 is 0 Å². The van der Waals surface area contributed by atoms with Gasteiger partial charge in [0.2, 0.25) is 0 Å². The zero-order valence-corrected chi connectivity index (χ0v) is 18.9. The average Bonchev–Trinajstić information content (AvgIpc) is 2.71. The maximum absolute atomic E-state index is 12.7. The Hall–Kier alpha value is -3.15. The quantitative estimate of drug-likeness (QED) is 0.727. The first-order valence-electron chi connectivity index (χ1n) is 10.7. The molecule has 3 rings (SSSR count). The smallest absolute Gasteiger partial charge is 0.312 e. The molecule has 0 spiro atoms. The van der Waals surface area contributed by atoms with Gasteiger partial charge in [-0.25, -0.2) is 0 Å². The second-order valence-corrected chi connectivity index (χ2v) is 8.57. The Morgan fingerprint density at radius 2 is 1.65 bits per heavy atom. The van der Waals surface area contributed by atoms with Crippen molar-refractivity contribution < 1.29 is 14.4 Å². The highest BCUT2D eigenvalue weighted by Gasteiger charge is 2.33. The molecule has 164 valence electrons. The van der Waals surface area contributed by atoms with Gasteiger partial charge in [0.1, 0.15) is 0 Å². The number of benzene rings is 2. The molecule has 1 atom stereocenters. The van der Waals surface area contributed by atoms with Crippen molar-refractivity contribution in [3.63, 3.8) is 0 Å². The molecule has 31 heavy (non-hydrogen) atoms. The monoisotopic (exact) mass is 421 g/mol. The number of amides is 3. The molecule has 6 heteroatoms. The van der Waals surface area contributed by atoms with Crippen molar-refractivity contribution in [1.82, 2.24) is 15.1 Å². The summed E-state index contributed by atoms with van der Waals surface area (Å²) in [5.41, 5.74) is 4.89. The number of hydrogen-bond donors (Lipinski definition) is 1. The van der Waals surface area contributed by atoms with Gasteiger partial charge in [-0.1, -0.05) is 35.9 Å². The lowest BCUT2D eigenvalue weighted by Crippen LogP contribution is -2.55. The highest BCUT2D eigenvalue weighted by atomic mass is 16.2. The summed E-state index contributed by atoms with van der Waals surface area (Å²) in [5, 5.41) is 3.05. The number of nitrogens with one attached hydrogen (secondary N) is 1. The first-order chi connectivity index (χ1) is 14.7. The van der Waals surface area contributed by atoms with Crippen LogP contribution in [0.3, 0.4) is 0 Å². The lowest BCUT2D eigenvalue weighted by Gasteiger charge is -2.36. The van der Waals surface area contributed by atoms with E-state index < -0.39 is 11.8 Å². The number of rotatable bonds is 6. The second-order valence-electron chi connectivity index (χ2n) is 8.57. The first kappa shape index (κ1) is 22.5. The Morgan fingerprint density at radius 3 is 2.26 bits per heavy atom. The first-order valence-corrected chi connectivity index (χ1v) is 10.7. The molecule has 0 aromatic heterocycles. The van der Waals surface area contributed by atoms with Gasteiger partial charge in [-0.05, 0) is 63.4 Å². The second kappa shape index (κ2) is 9.33. The van der Waals surface area contributed by atoms with Crippen molar-refractivity contribution in [3.8, 4) is 0 Å². The lowest BCUT2D eigenvalue weighted by molar-refractivity contribution is -0.157.